The Morgan fingerprint density at radius 1 is 0.944 bits per heavy atom. The molecule has 1 aromatic rings. The molecule has 4 aliphatic carbocycles. The van der Waals surface area contributed by atoms with E-state index in [0.717, 1.165) is 31.4 Å². The highest BCUT2D eigenvalue weighted by molar-refractivity contribution is 7.85. The molecule has 36 heavy (non-hydrogen) atoms. The highest BCUT2D eigenvalue weighted by Gasteiger charge is 2.77. The Hall–Kier alpha value is -2.50. The van der Waals surface area contributed by atoms with Gasteiger partial charge >= 0.3 is 17.9 Å². The second-order valence-corrected chi connectivity index (χ2v) is 13.0. The molecule has 5 unspecified atom stereocenters. The molecule has 8 rings (SSSR count). The number of ether oxygens (including phenoxy) is 4. The first kappa shape index (κ1) is 22.7. The number of hydrogen-bond donors (Lipinski definition) is 1. The van der Waals surface area contributed by atoms with E-state index < -0.39 is 57.3 Å². The first-order valence-electron chi connectivity index (χ1n) is 12.4. The summed E-state index contributed by atoms with van der Waals surface area (Å²) < 4.78 is 54.5. The molecule has 3 aliphatic heterocycles. The number of rotatable bonds is 5. The smallest absolute Gasteiger partial charge is 0.331 e. The van der Waals surface area contributed by atoms with Crippen molar-refractivity contribution >= 4 is 28.0 Å². The van der Waals surface area contributed by atoms with Crippen LogP contribution in [-0.4, -0.2) is 55.3 Å². The van der Waals surface area contributed by atoms with Gasteiger partial charge in [0.1, 0.15) is 18.0 Å². The van der Waals surface area contributed by atoms with Gasteiger partial charge in [0, 0.05) is 6.42 Å². The van der Waals surface area contributed by atoms with Gasteiger partial charge in [0.05, 0.1) is 10.3 Å². The number of hydrogen-bond acceptors (Lipinski definition) is 9. The van der Waals surface area contributed by atoms with Crippen LogP contribution in [0.25, 0.3) is 0 Å². The molecule has 10 nitrogen and oxygen atoms in total. The topological polar surface area (TPSA) is 142 Å². The molecule has 5 atom stereocenters. The normalized spacial score (nSPS) is 43.5. The van der Waals surface area contributed by atoms with Crippen LogP contribution in [0.2, 0.25) is 0 Å². The Morgan fingerprint density at radius 2 is 1.56 bits per heavy atom. The van der Waals surface area contributed by atoms with Crippen molar-refractivity contribution in [2.45, 2.75) is 74.3 Å². The summed E-state index contributed by atoms with van der Waals surface area (Å²) in [5.74, 6) is -0.112. The fourth-order valence-corrected chi connectivity index (χ4v) is 8.67. The van der Waals surface area contributed by atoms with Gasteiger partial charge in [-0.1, -0.05) is 0 Å². The van der Waals surface area contributed by atoms with Crippen molar-refractivity contribution in [3.8, 4) is 5.75 Å². The summed E-state index contributed by atoms with van der Waals surface area (Å²) in [7, 11) is -4.40. The second-order valence-electron chi connectivity index (χ2n) is 11.5. The maximum Gasteiger partial charge on any atom is 0.331 e. The van der Waals surface area contributed by atoms with Gasteiger partial charge in [0.2, 0.25) is 0 Å². The highest BCUT2D eigenvalue weighted by Crippen LogP contribution is 2.61. The predicted octanol–water partition coefficient (Wildman–Crippen LogP) is 2.05. The third-order valence-corrected chi connectivity index (χ3v) is 10.2. The number of benzene rings is 1. The van der Waals surface area contributed by atoms with Gasteiger partial charge < -0.3 is 18.9 Å². The highest BCUT2D eigenvalue weighted by atomic mass is 32.2. The molecule has 6 bridgehead atoms. The molecule has 4 saturated carbocycles. The van der Waals surface area contributed by atoms with Gasteiger partial charge in [-0.15, -0.1) is 0 Å². The van der Waals surface area contributed by atoms with E-state index in [1.54, 1.807) is 0 Å². The quantitative estimate of drug-likeness (QED) is 0.266. The van der Waals surface area contributed by atoms with Crippen LogP contribution in [0.15, 0.2) is 29.2 Å². The van der Waals surface area contributed by atoms with Crippen LogP contribution in [0, 0.1) is 28.6 Å². The van der Waals surface area contributed by atoms with Crippen LogP contribution in [0.4, 0.5) is 0 Å². The summed E-state index contributed by atoms with van der Waals surface area (Å²) in [4.78, 5) is 39.2. The molecule has 0 radical (unpaired) electrons. The van der Waals surface area contributed by atoms with Gasteiger partial charge in [0.15, 0.2) is 17.6 Å². The molecular formula is C25H26O10S. The van der Waals surface area contributed by atoms with Crippen LogP contribution in [0.1, 0.15) is 44.9 Å². The molecule has 3 heterocycles. The van der Waals surface area contributed by atoms with Gasteiger partial charge in [-0.05, 0) is 80.5 Å². The summed E-state index contributed by atoms with van der Waals surface area (Å²) in [6, 6.07) is 4.59. The minimum Gasteiger partial charge on any atom is -0.455 e. The van der Waals surface area contributed by atoms with E-state index in [-0.39, 0.29) is 23.0 Å². The molecule has 0 spiro atoms. The van der Waals surface area contributed by atoms with E-state index in [9.17, 15) is 22.8 Å². The third kappa shape index (κ3) is 3.08. The molecule has 11 heteroatoms. The Morgan fingerprint density at radius 3 is 2.14 bits per heavy atom. The Labute approximate surface area is 207 Å². The lowest BCUT2D eigenvalue weighted by Gasteiger charge is -2.55. The first-order valence-corrected chi connectivity index (χ1v) is 13.9. The standard InChI is InChI=1S/C25H26O10S/c26-21(24-8-12-5-13(9-24)7-14(6-12)10-24)34-18-17-11-25(20(33-17)19(18)35-23(25)28)22(27)32-15-1-3-16(4-2-15)36(29,30)31/h1-4,12-14,17-20H,5-11H2,(H,29,30,31). The van der Waals surface area contributed by atoms with Crippen LogP contribution >= 0.6 is 0 Å². The number of carbonyl (C=O) groups excluding carboxylic acids is 3. The van der Waals surface area contributed by atoms with Crippen molar-refractivity contribution in [1.29, 1.82) is 0 Å². The number of esters is 3. The zero-order valence-corrected chi connectivity index (χ0v) is 20.1. The monoisotopic (exact) mass is 518 g/mol. The van der Waals surface area contributed by atoms with Crippen LogP contribution in [0.3, 0.4) is 0 Å². The molecule has 192 valence electrons. The Bertz CT molecular complexity index is 1230. The van der Waals surface area contributed by atoms with E-state index in [0.29, 0.717) is 17.8 Å². The average molecular weight is 519 g/mol. The van der Waals surface area contributed by atoms with Crippen molar-refractivity contribution < 1.29 is 46.3 Å². The predicted molar refractivity (Wildman–Crippen MR) is 118 cm³/mol. The molecule has 7 aliphatic rings. The average Bonchev–Trinajstić information content (AvgIpc) is 3.40. The fourth-order valence-electron chi connectivity index (χ4n) is 8.19. The van der Waals surface area contributed by atoms with Gasteiger partial charge in [-0.3, -0.25) is 18.9 Å². The molecular weight excluding hydrogens is 492 g/mol. The van der Waals surface area contributed by atoms with Gasteiger partial charge in [0.25, 0.3) is 10.1 Å². The first-order chi connectivity index (χ1) is 17.1. The van der Waals surface area contributed by atoms with E-state index in [1.807, 2.05) is 0 Å². The largest absolute Gasteiger partial charge is 0.455 e. The van der Waals surface area contributed by atoms with E-state index in [1.165, 1.54) is 31.4 Å². The maximum atomic E-state index is 13.5. The van der Waals surface area contributed by atoms with Gasteiger partial charge in [-0.25, -0.2) is 0 Å². The van der Waals surface area contributed by atoms with Crippen molar-refractivity contribution in [2.24, 2.45) is 28.6 Å². The van der Waals surface area contributed by atoms with E-state index in [4.69, 9.17) is 23.5 Å². The number of fused-ring (bicyclic) bond motifs is 1. The van der Waals surface area contributed by atoms with Crippen LogP contribution < -0.4 is 4.74 Å². The Kier molecular flexibility index (Phi) is 4.59. The summed E-state index contributed by atoms with van der Waals surface area (Å²) in [6.45, 7) is 0. The number of carbonyl (C=O) groups is 3. The lowest BCUT2D eigenvalue weighted by Crippen LogP contribution is -2.54. The van der Waals surface area contributed by atoms with Crippen LogP contribution in [-0.2, 0) is 38.7 Å². The molecule has 0 amide bonds. The fraction of sp³-hybridized carbons (Fsp3) is 0.640. The Balaban J connectivity index is 1.07. The van der Waals surface area contributed by atoms with Crippen molar-refractivity contribution in [2.75, 3.05) is 0 Å². The van der Waals surface area contributed by atoms with Crippen molar-refractivity contribution in [1.82, 2.24) is 0 Å². The SMILES string of the molecule is O=C(OC1C2CC3(C(=O)Oc4ccc(S(=O)(=O)O)cc4)C(=O)OC1C3O2)C12CC3CC(CC(C3)C1)C2. The van der Waals surface area contributed by atoms with Crippen molar-refractivity contribution in [3.63, 3.8) is 0 Å². The van der Waals surface area contributed by atoms with Gasteiger partial charge in [-0.2, -0.15) is 8.42 Å². The minimum atomic E-state index is -4.40. The second kappa shape index (κ2) is 7.29. The molecule has 7 fully saturated rings. The third-order valence-electron chi connectivity index (χ3n) is 9.34. The summed E-state index contributed by atoms with van der Waals surface area (Å²) in [5, 5.41) is 0. The van der Waals surface area contributed by atoms with E-state index in [2.05, 4.69) is 0 Å². The lowest BCUT2D eigenvalue weighted by molar-refractivity contribution is -0.184. The molecule has 3 saturated heterocycles. The lowest BCUT2D eigenvalue weighted by atomic mass is 9.49. The zero-order valence-electron chi connectivity index (χ0n) is 19.3. The van der Waals surface area contributed by atoms with Crippen LogP contribution in [0.5, 0.6) is 5.75 Å². The van der Waals surface area contributed by atoms with E-state index >= 15 is 0 Å². The van der Waals surface area contributed by atoms with Crippen molar-refractivity contribution in [3.05, 3.63) is 24.3 Å². The maximum absolute atomic E-state index is 13.5. The summed E-state index contributed by atoms with van der Waals surface area (Å²) >= 11 is 0. The molecule has 1 aromatic carbocycles. The zero-order chi connectivity index (χ0) is 25.0. The molecule has 0 aromatic heterocycles. The molecule has 1 N–H and O–H groups in total. The summed E-state index contributed by atoms with van der Waals surface area (Å²) in [5.41, 5.74) is -2.12. The minimum absolute atomic E-state index is 0.00518. The summed E-state index contributed by atoms with van der Waals surface area (Å²) in [6.07, 6.45) is 2.96.